The third kappa shape index (κ3) is 4.31. The van der Waals surface area contributed by atoms with Gasteiger partial charge in [-0.25, -0.2) is 18.7 Å². The molecule has 0 atom stereocenters. The maximum absolute atomic E-state index is 14.0. The van der Waals surface area contributed by atoms with Crippen molar-refractivity contribution in [2.75, 3.05) is 41.3 Å². The summed E-state index contributed by atoms with van der Waals surface area (Å²) in [6.07, 6.45) is 2.97. The highest BCUT2D eigenvalue weighted by Gasteiger charge is 2.20. The highest BCUT2D eigenvalue weighted by molar-refractivity contribution is 6.02. The van der Waals surface area contributed by atoms with Crippen molar-refractivity contribution in [3.8, 4) is 0 Å². The molecule has 1 aromatic heterocycles. The number of halogens is 2. The Morgan fingerprint density at radius 1 is 0.862 bits per heavy atom. The van der Waals surface area contributed by atoms with Crippen molar-refractivity contribution in [3.63, 3.8) is 0 Å². The van der Waals surface area contributed by atoms with Gasteiger partial charge in [-0.2, -0.15) is 0 Å². The lowest BCUT2D eigenvalue weighted by Crippen LogP contribution is -2.47. The molecule has 1 amide bonds. The van der Waals surface area contributed by atoms with Crippen molar-refractivity contribution in [1.29, 1.82) is 0 Å². The summed E-state index contributed by atoms with van der Waals surface area (Å²) in [4.78, 5) is 24.8. The molecular formula is C21H19F2N5O. The zero-order chi connectivity index (χ0) is 20.2. The number of carbonyl (C=O) groups is 1. The fraction of sp³-hybridized carbons (Fsp3) is 0.190. The number of hydrogen-bond acceptors (Lipinski definition) is 5. The Hall–Kier alpha value is -3.55. The Kier molecular flexibility index (Phi) is 5.33. The minimum absolute atomic E-state index is 0.170. The molecule has 1 aliphatic heterocycles. The third-order valence-electron chi connectivity index (χ3n) is 4.77. The second-order valence-corrected chi connectivity index (χ2v) is 6.65. The minimum atomic E-state index is -0.417. The van der Waals surface area contributed by atoms with E-state index in [1.54, 1.807) is 18.3 Å². The smallest absolute Gasteiger partial charge is 0.275 e. The van der Waals surface area contributed by atoms with Crippen LogP contribution in [0.2, 0.25) is 0 Å². The van der Waals surface area contributed by atoms with E-state index in [-0.39, 0.29) is 17.3 Å². The van der Waals surface area contributed by atoms with E-state index in [4.69, 9.17) is 0 Å². The quantitative estimate of drug-likeness (QED) is 0.734. The predicted octanol–water partition coefficient (Wildman–Crippen LogP) is 3.33. The molecular weight excluding hydrogens is 376 g/mol. The summed E-state index contributed by atoms with van der Waals surface area (Å²) in [5.41, 5.74) is 1.25. The molecule has 1 saturated heterocycles. The molecule has 0 radical (unpaired) electrons. The zero-order valence-corrected chi connectivity index (χ0v) is 15.6. The fourth-order valence-electron chi connectivity index (χ4n) is 3.21. The van der Waals surface area contributed by atoms with Crippen LogP contribution in [0.3, 0.4) is 0 Å². The molecule has 2 heterocycles. The molecule has 0 saturated carbocycles. The summed E-state index contributed by atoms with van der Waals surface area (Å²) >= 11 is 0. The number of rotatable bonds is 4. The van der Waals surface area contributed by atoms with Gasteiger partial charge in [-0.1, -0.05) is 12.1 Å². The first-order valence-electron chi connectivity index (χ1n) is 9.23. The lowest BCUT2D eigenvalue weighted by atomic mass is 10.2. The van der Waals surface area contributed by atoms with Gasteiger partial charge in [0.15, 0.2) is 0 Å². The van der Waals surface area contributed by atoms with Crippen molar-refractivity contribution >= 4 is 23.1 Å². The standard InChI is InChI=1S/C21H19F2N5O/c22-15-5-7-16(8-6-15)26-21(29)18-13-25-20(14-24-18)28-11-9-27(10-12-28)19-4-2-1-3-17(19)23/h1-8,13-14H,9-12H2,(H,26,29). The summed E-state index contributed by atoms with van der Waals surface area (Å²) in [5, 5.41) is 2.65. The van der Waals surface area contributed by atoms with Crippen LogP contribution in [0.4, 0.5) is 26.0 Å². The van der Waals surface area contributed by atoms with Crippen LogP contribution >= 0.6 is 0 Å². The molecule has 2 aromatic carbocycles. The summed E-state index contributed by atoms with van der Waals surface area (Å²) in [7, 11) is 0. The van der Waals surface area contributed by atoms with Crippen LogP contribution in [0.1, 0.15) is 10.5 Å². The van der Waals surface area contributed by atoms with Gasteiger partial charge < -0.3 is 15.1 Å². The lowest BCUT2D eigenvalue weighted by molar-refractivity contribution is 0.102. The van der Waals surface area contributed by atoms with Gasteiger partial charge in [0.2, 0.25) is 0 Å². The number of amides is 1. The first-order chi connectivity index (χ1) is 14.1. The highest BCUT2D eigenvalue weighted by atomic mass is 19.1. The predicted molar refractivity (Wildman–Crippen MR) is 107 cm³/mol. The van der Waals surface area contributed by atoms with Gasteiger partial charge in [0.1, 0.15) is 23.1 Å². The van der Waals surface area contributed by atoms with Crippen molar-refractivity contribution < 1.29 is 13.6 Å². The van der Waals surface area contributed by atoms with E-state index in [1.807, 2.05) is 15.9 Å². The largest absolute Gasteiger partial charge is 0.366 e. The number of carbonyl (C=O) groups excluding carboxylic acids is 1. The molecule has 1 aliphatic rings. The number of nitrogens with zero attached hydrogens (tertiary/aromatic N) is 4. The summed E-state index contributed by atoms with van der Waals surface area (Å²) < 4.78 is 26.9. The molecule has 1 fully saturated rings. The number of piperazine rings is 1. The van der Waals surface area contributed by atoms with Crippen molar-refractivity contribution in [3.05, 3.63) is 78.3 Å². The van der Waals surface area contributed by atoms with Crippen LogP contribution in [0.25, 0.3) is 0 Å². The fourth-order valence-corrected chi connectivity index (χ4v) is 3.21. The molecule has 0 spiro atoms. The molecule has 3 aromatic rings. The Morgan fingerprint density at radius 3 is 2.21 bits per heavy atom. The SMILES string of the molecule is O=C(Nc1ccc(F)cc1)c1cnc(N2CCN(c3ccccc3F)CC2)cn1. The van der Waals surface area contributed by atoms with E-state index in [9.17, 15) is 13.6 Å². The van der Waals surface area contributed by atoms with E-state index in [0.29, 0.717) is 43.4 Å². The third-order valence-corrected chi connectivity index (χ3v) is 4.77. The molecule has 1 N–H and O–H groups in total. The number of hydrogen-bond donors (Lipinski definition) is 1. The number of benzene rings is 2. The zero-order valence-electron chi connectivity index (χ0n) is 15.6. The molecule has 148 valence electrons. The van der Waals surface area contributed by atoms with Crippen LogP contribution in [-0.4, -0.2) is 42.1 Å². The van der Waals surface area contributed by atoms with Crippen LogP contribution in [0.5, 0.6) is 0 Å². The minimum Gasteiger partial charge on any atom is -0.366 e. The Labute approximate surface area is 166 Å². The van der Waals surface area contributed by atoms with Gasteiger partial charge in [-0.15, -0.1) is 0 Å². The van der Waals surface area contributed by atoms with Crippen LogP contribution in [-0.2, 0) is 0 Å². The highest BCUT2D eigenvalue weighted by Crippen LogP contribution is 2.21. The van der Waals surface area contributed by atoms with Gasteiger partial charge in [-0.05, 0) is 36.4 Å². The van der Waals surface area contributed by atoms with E-state index >= 15 is 0 Å². The van der Waals surface area contributed by atoms with E-state index in [1.165, 1.54) is 36.5 Å². The summed E-state index contributed by atoms with van der Waals surface area (Å²) in [6.45, 7) is 2.67. The van der Waals surface area contributed by atoms with Crippen LogP contribution in [0.15, 0.2) is 60.9 Å². The monoisotopic (exact) mass is 395 g/mol. The Bertz CT molecular complexity index is 987. The van der Waals surface area contributed by atoms with Gasteiger partial charge >= 0.3 is 0 Å². The molecule has 0 aliphatic carbocycles. The maximum atomic E-state index is 14.0. The number of anilines is 3. The van der Waals surface area contributed by atoms with E-state index < -0.39 is 5.91 Å². The number of nitrogens with one attached hydrogen (secondary N) is 1. The molecule has 8 heteroatoms. The summed E-state index contributed by atoms with van der Waals surface area (Å²) in [5.74, 6) is -0.351. The second kappa shape index (κ2) is 8.22. The van der Waals surface area contributed by atoms with Gasteiger partial charge in [0.25, 0.3) is 5.91 Å². The van der Waals surface area contributed by atoms with Gasteiger partial charge in [-0.3, -0.25) is 4.79 Å². The van der Waals surface area contributed by atoms with Gasteiger partial charge in [0.05, 0.1) is 18.1 Å². The van der Waals surface area contributed by atoms with E-state index in [0.717, 1.165) is 0 Å². The molecule has 0 bridgehead atoms. The Balaban J connectivity index is 1.36. The topological polar surface area (TPSA) is 61.4 Å². The Morgan fingerprint density at radius 2 is 1.55 bits per heavy atom. The summed E-state index contributed by atoms with van der Waals surface area (Å²) in [6, 6.07) is 12.2. The molecule has 0 unspecified atom stereocenters. The first kappa shape index (κ1) is 18.8. The lowest BCUT2D eigenvalue weighted by Gasteiger charge is -2.36. The molecule has 4 rings (SSSR count). The number of para-hydroxylation sites is 1. The normalized spacial score (nSPS) is 14.0. The van der Waals surface area contributed by atoms with Crippen LogP contribution in [0, 0.1) is 11.6 Å². The molecule has 29 heavy (non-hydrogen) atoms. The first-order valence-corrected chi connectivity index (χ1v) is 9.23. The van der Waals surface area contributed by atoms with Crippen molar-refractivity contribution in [2.45, 2.75) is 0 Å². The average molecular weight is 395 g/mol. The van der Waals surface area contributed by atoms with E-state index in [2.05, 4.69) is 15.3 Å². The molecule has 6 nitrogen and oxygen atoms in total. The van der Waals surface area contributed by atoms with Crippen molar-refractivity contribution in [1.82, 2.24) is 9.97 Å². The average Bonchev–Trinajstić information content (AvgIpc) is 2.76. The van der Waals surface area contributed by atoms with Gasteiger partial charge in [0, 0.05) is 31.9 Å². The maximum Gasteiger partial charge on any atom is 0.275 e. The van der Waals surface area contributed by atoms with Crippen LogP contribution < -0.4 is 15.1 Å². The number of aromatic nitrogens is 2. The second-order valence-electron chi connectivity index (χ2n) is 6.65. The van der Waals surface area contributed by atoms with Crippen molar-refractivity contribution in [2.24, 2.45) is 0 Å².